The molecule has 0 spiro atoms. The zero-order valence-electron chi connectivity index (χ0n) is 11.8. The maximum atomic E-state index is 12.7. The van der Waals surface area contributed by atoms with Gasteiger partial charge < -0.3 is 14.3 Å². The molecule has 0 saturated carbocycles. The molecule has 0 fully saturated rings. The Balaban J connectivity index is 1.67. The molecule has 0 amide bonds. The predicted octanol–water partition coefficient (Wildman–Crippen LogP) is 3.64. The fourth-order valence-corrected chi connectivity index (χ4v) is 1.98. The highest BCUT2D eigenvalue weighted by Crippen LogP contribution is 2.31. The molecular weight excluding hydrogens is 311 g/mol. The Morgan fingerprint density at radius 2 is 1.96 bits per heavy atom. The minimum absolute atomic E-state index is 0.0471. The molecule has 1 aromatic carbocycles. The summed E-state index contributed by atoms with van der Waals surface area (Å²) in [7, 11) is 0. The zero-order chi connectivity index (χ0) is 16.3. The first-order chi connectivity index (χ1) is 11.0. The van der Waals surface area contributed by atoms with Crippen LogP contribution in [-0.4, -0.2) is 10.1 Å². The summed E-state index contributed by atoms with van der Waals surface area (Å²) in [4.78, 5) is 4.08. The van der Waals surface area contributed by atoms with Gasteiger partial charge in [-0.2, -0.15) is 18.2 Å². The Kier molecular flexibility index (Phi) is 4.16. The molecule has 5 nitrogen and oxygen atoms in total. The average Bonchev–Trinajstić information content (AvgIpc) is 3.18. The third kappa shape index (κ3) is 3.78. The number of aromatic nitrogens is 2. The number of rotatable bonds is 5. The molecule has 23 heavy (non-hydrogen) atoms. The minimum Gasteiger partial charge on any atom is -0.468 e. The van der Waals surface area contributed by atoms with Gasteiger partial charge in [0.15, 0.2) is 5.82 Å². The number of furan rings is 1. The fraction of sp³-hybridized carbons (Fsp3) is 0.200. The number of alkyl halides is 3. The number of halogens is 3. The lowest BCUT2D eigenvalue weighted by Crippen LogP contribution is -2.13. The van der Waals surface area contributed by atoms with E-state index in [-0.39, 0.29) is 11.5 Å². The number of hydrogen-bond donors (Lipinski definition) is 1. The van der Waals surface area contributed by atoms with E-state index < -0.39 is 11.7 Å². The molecule has 0 unspecified atom stereocenters. The molecule has 2 aromatic heterocycles. The van der Waals surface area contributed by atoms with Gasteiger partial charge in [0.2, 0.25) is 0 Å². The van der Waals surface area contributed by atoms with E-state index in [9.17, 15) is 13.2 Å². The second kappa shape index (κ2) is 6.25. The van der Waals surface area contributed by atoms with Crippen LogP contribution in [0.2, 0.25) is 0 Å². The van der Waals surface area contributed by atoms with E-state index in [2.05, 4.69) is 15.5 Å². The first-order valence-corrected chi connectivity index (χ1v) is 6.76. The van der Waals surface area contributed by atoms with Crippen LogP contribution in [0.3, 0.4) is 0 Å². The first-order valence-electron chi connectivity index (χ1n) is 6.76. The van der Waals surface area contributed by atoms with Crippen LogP contribution in [0.4, 0.5) is 13.2 Å². The average molecular weight is 323 g/mol. The van der Waals surface area contributed by atoms with Gasteiger partial charge in [0, 0.05) is 5.56 Å². The Morgan fingerprint density at radius 3 is 2.70 bits per heavy atom. The summed E-state index contributed by atoms with van der Waals surface area (Å²) in [6, 6.07) is 8.35. The van der Waals surface area contributed by atoms with Crippen LogP contribution in [0, 0.1) is 0 Å². The number of benzene rings is 1. The van der Waals surface area contributed by atoms with E-state index in [0.29, 0.717) is 18.9 Å². The van der Waals surface area contributed by atoms with Crippen LogP contribution in [0.1, 0.15) is 17.1 Å². The molecule has 3 aromatic rings. The molecule has 2 heterocycles. The highest BCUT2D eigenvalue weighted by molar-refractivity contribution is 5.54. The van der Waals surface area contributed by atoms with Crippen LogP contribution in [-0.2, 0) is 19.3 Å². The van der Waals surface area contributed by atoms with Crippen LogP contribution < -0.4 is 5.32 Å². The van der Waals surface area contributed by atoms with Crippen LogP contribution in [0.5, 0.6) is 0 Å². The van der Waals surface area contributed by atoms with Crippen molar-refractivity contribution in [2.75, 3.05) is 0 Å². The molecular formula is C15H12F3N3O2. The smallest absolute Gasteiger partial charge is 0.416 e. The Bertz CT molecular complexity index is 766. The lowest BCUT2D eigenvalue weighted by molar-refractivity contribution is -0.137. The van der Waals surface area contributed by atoms with Crippen molar-refractivity contribution in [2.24, 2.45) is 0 Å². The van der Waals surface area contributed by atoms with Gasteiger partial charge in [-0.05, 0) is 30.3 Å². The van der Waals surface area contributed by atoms with Crippen molar-refractivity contribution in [3.63, 3.8) is 0 Å². The van der Waals surface area contributed by atoms with Gasteiger partial charge in [0.05, 0.1) is 24.9 Å². The Labute approximate surface area is 129 Å². The lowest BCUT2D eigenvalue weighted by Gasteiger charge is -2.06. The second-order valence-corrected chi connectivity index (χ2v) is 4.78. The van der Waals surface area contributed by atoms with Crippen molar-refractivity contribution in [1.82, 2.24) is 15.5 Å². The Morgan fingerprint density at radius 1 is 1.09 bits per heavy atom. The van der Waals surface area contributed by atoms with Gasteiger partial charge in [-0.3, -0.25) is 0 Å². The van der Waals surface area contributed by atoms with Crippen LogP contribution in [0.25, 0.3) is 11.5 Å². The van der Waals surface area contributed by atoms with Crippen molar-refractivity contribution in [3.8, 4) is 11.5 Å². The molecule has 0 atom stereocenters. The van der Waals surface area contributed by atoms with E-state index >= 15 is 0 Å². The number of nitrogens with one attached hydrogen (secondary N) is 1. The Hall–Kier alpha value is -2.61. The third-order valence-electron chi connectivity index (χ3n) is 3.07. The van der Waals surface area contributed by atoms with Crippen LogP contribution >= 0.6 is 0 Å². The summed E-state index contributed by atoms with van der Waals surface area (Å²) >= 11 is 0. The summed E-state index contributed by atoms with van der Waals surface area (Å²) in [6.45, 7) is 0.795. The molecule has 0 saturated heterocycles. The van der Waals surface area contributed by atoms with E-state index in [4.69, 9.17) is 8.94 Å². The SMILES string of the molecule is FC(F)(F)c1cccc(-c2nc(CNCc3ccco3)no2)c1. The molecule has 0 aliphatic rings. The van der Waals surface area contributed by atoms with Crippen molar-refractivity contribution >= 4 is 0 Å². The standard InChI is InChI=1S/C15H12F3N3O2/c16-15(17,18)11-4-1-3-10(7-11)14-20-13(21-23-14)9-19-8-12-5-2-6-22-12/h1-7,19H,8-9H2. The molecule has 3 rings (SSSR count). The van der Waals surface area contributed by atoms with Crippen molar-refractivity contribution < 1.29 is 22.1 Å². The van der Waals surface area contributed by atoms with Gasteiger partial charge in [0.1, 0.15) is 5.76 Å². The first kappa shape index (κ1) is 15.3. The molecule has 1 N–H and O–H groups in total. The number of hydrogen-bond acceptors (Lipinski definition) is 5. The van der Waals surface area contributed by atoms with Gasteiger partial charge in [0.25, 0.3) is 5.89 Å². The van der Waals surface area contributed by atoms with E-state index in [1.165, 1.54) is 12.1 Å². The third-order valence-corrected chi connectivity index (χ3v) is 3.07. The number of nitrogens with zero attached hydrogens (tertiary/aromatic N) is 2. The molecule has 0 bridgehead atoms. The fourth-order valence-electron chi connectivity index (χ4n) is 1.98. The largest absolute Gasteiger partial charge is 0.468 e. The normalized spacial score (nSPS) is 11.8. The molecule has 0 aliphatic carbocycles. The van der Waals surface area contributed by atoms with E-state index in [0.717, 1.165) is 17.9 Å². The topological polar surface area (TPSA) is 64.1 Å². The molecule has 0 aliphatic heterocycles. The lowest BCUT2D eigenvalue weighted by atomic mass is 10.1. The zero-order valence-corrected chi connectivity index (χ0v) is 11.8. The van der Waals surface area contributed by atoms with E-state index in [1.54, 1.807) is 12.3 Å². The summed E-state index contributed by atoms with van der Waals surface area (Å²) in [5.74, 6) is 1.15. The monoisotopic (exact) mass is 323 g/mol. The van der Waals surface area contributed by atoms with E-state index in [1.807, 2.05) is 6.07 Å². The molecule has 8 heteroatoms. The van der Waals surface area contributed by atoms with Gasteiger partial charge in [-0.1, -0.05) is 11.2 Å². The van der Waals surface area contributed by atoms with Gasteiger partial charge in [-0.15, -0.1) is 0 Å². The van der Waals surface area contributed by atoms with Crippen molar-refractivity contribution in [1.29, 1.82) is 0 Å². The molecule has 120 valence electrons. The molecule has 0 radical (unpaired) electrons. The summed E-state index contributed by atoms with van der Waals surface area (Å²) < 4.78 is 48.3. The maximum Gasteiger partial charge on any atom is 0.416 e. The summed E-state index contributed by atoms with van der Waals surface area (Å²) in [5.41, 5.74) is -0.532. The van der Waals surface area contributed by atoms with Crippen LogP contribution in [0.15, 0.2) is 51.6 Å². The predicted molar refractivity (Wildman–Crippen MR) is 74.0 cm³/mol. The highest BCUT2D eigenvalue weighted by Gasteiger charge is 2.30. The van der Waals surface area contributed by atoms with Gasteiger partial charge in [-0.25, -0.2) is 0 Å². The second-order valence-electron chi connectivity index (χ2n) is 4.78. The van der Waals surface area contributed by atoms with Crippen molar-refractivity contribution in [2.45, 2.75) is 19.3 Å². The summed E-state index contributed by atoms with van der Waals surface area (Å²) in [5, 5.41) is 6.79. The highest BCUT2D eigenvalue weighted by atomic mass is 19.4. The van der Waals surface area contributed by atoms with Crippen molar-refractivity contribution in [3.05, 3.63) is 59.8 Å². The minimum atomic E-state index is -4.41. The quantitative estimate of drug-likeness (QED) is 0.776. The van der Waals surface area contributed by atoms with Gasteiger partial charge >= 0.3 is 6.18 Å². The maximum absolute atomic E-state index is 12.7. The summed E-state index contributed by atoms with van der Waals surface area (Å²) in [6.07, 6.45) is -2.85.